The van der Waals surface area contributed by atoms with Crippen LogP contribution in [0.5, 0.6) is 5.88 Å². The summed E-state index contributed by atoms with van der Waals surface area (Å²) in [5.41, 5.74) is -0.689. The van der Waals surface area contributed by atoms with Crippen molar-refractivity contribution in [3.63, 3.8) is 0 Å². The maximum atomic E-state index is 15.7. The summed E-state index contributed by atoms with van der Waals surface area (Å²) in [4.78, 5) is 20.7. The molecule has 0 unspecified atom stereocenters. The molecule has 48 heavy (non-hydrogen) atoms. The van der Waals surface area contributed by atoms with Gasteiger partial charge in [0.05, 0.1) is 54.8 Å². The number of pyridine rings is 1. The Morgan fingerprint density at radius 3 is 2.42 bits per heavy atom. The molecule has 3 aromatic carbocycles. The van der Waals surface area contributed by atoms with Crippen LogP contribution in [0.3, 0.4) is 0 Å². The molecule has 3 heterocycles. The number of aromatic nitrogens is 3. The highest BCUT2D eigenvalue weighted by Crippen LogP contribution is 2.41. The van der Waals surface area contributed by atoms with E-state index in [1.165, 1.54) is 25.3 Å². The third-order valence-electron chi connectivity index (χ3n) is 8.33. The number of halogens is 5. The normalized spacial score (nSPS) is 15.4. The number of nitrogens with zero attached hydrogens (tertiary/aromatic N) is 4. The summed E-state index contributed by atoms with van der Waals surface area (Å²) in [5, 5.41) is 8.92. The Morgan fingerprint density at radius 2 is 1.73 bits per heavy atom. The average Bonchev–Trinajstić information content (AvgIpc) is 3.60. The quantitative estimate of drug-likeness (QED) is 0.128. The molecule has 1 aliphatic heterocycles. The predicted octanol–water partition coefficient (Wildman–Crippen LogP) is 7.22. The topological polar surface area (TPSA) is 99.3 Å². The second kappa shape index (κ2) is 12.7. The van der Waals surface area contributed by atoms with Gasteiger partial charge in [0.1, 0.15) is 35.4 Å². The van der Waals surface area contributed by atoms with Crippen LogP contribution >= 0.6 is 0 Å². The molecule has 1 fully saturated rings. The van der Waals surface area contributed by atoms with Crippen molar-refractivity contribution >= 4 is 17.0 Å². The number of hydrogen-bond donors (Lipinski definition) is 0. The number of methoxy groups -OCH3 is 1. The number of carbonyl (C=O) groups is 1. The van der Waals surface area contributed by atoms with Gasteiger partial charge in [-0.1, -0.05) is 19.9 Å². The summed E-state index contributed by atoms with van der Waals surface area (Å²) in [6.07, 6.45) is -0.251. The van der Waals surface area contributed by atoms with Gasteiger partial charge < -0.3 is 18.8 Å². The van der Waals surface area contributed by atoms with Crippen molar-refractivity contribution in [2.45, 2.75) is 32.9 Å². The first-order valence-corrected chi connectivity index (χ1v) is 14.7. The largest absolute Gasteiger partial charge is 0.471 e. The van der Waals surface area contributed by atoms with E-state index < -0.39 is 53.0 Å². The van der Waals surface area contributed by atoms with E-state index in [1.807, 2.05) is 13.8 Å². The van der Waals surface area contributed by atoms with Crippen LogP contribution in [0.2, 0.25) is 0 Å². The minimum atomic E-state index is -0.911. The van der Waals surface area contributed by atoms with E-state index >= 15 is 13.2 Å². The molecule has 1 aliphatic rings. The van der Waals surface area contributed by atoms with Crippen molar-refractivity contribution in [3.8, 4) is 23.2 Å². The van der Waals surface area contributed by atoms with Gasteiger partial charge in [0.15, 0.2) is 11.6 Å². The zero-order chi connectivity index (χ0) is 34.3. The van der Waals surface area contributed by atoms with E-state index in [0.717, 1.165) is 36.4 Å². The fraction of sp³-hybridized carbons (Fsp3) is 0.257. The lowest BCUT2D eigenvalue weighted by atomic mass is 9.87. The van der Waals surface area contributed by atoms with E-state index in [0.29, 0.717) is 6.61 Å². The SMILES string of the molecule is COC(=O)c1cc(F)c2nc(Cc3cc(F)c(-c4ccc(F)c(OCc5ccc(C#N)cc5F)n4)cc3F)n([C@@H]3COCC3(C)C)c2c1. The number of fused-ring (bicyclic) bond motifs is 1. The van der Waals surface area contributed by atoms with Crippen LogP contribution in [0.1, 0.15) is 52.8 Å². The number of nitriles is 1. The summed E-state index contributed by atoms with van der Waals surface area (Å²) >= 11 is 0. The summed E-state index contributed by atoms with van der Waals surface area (Å²) in [6, 6.07) is 11.5. The van der Waals surface area contributed by atoms with E-state index in [4.69, 9.17) is 19.5 Å². The molecule has 246 valence electrons. The third kappa shape index (κ3) is 6.06. The number of carbonyl (C=O) groups excluding carboxylic acids is 1. The highest BCUT2D eigenvalue weighted by molar-refractivity contribution is 5.94. The molecule has 0 aliphatic carbocycles. The number of benzene rings is 3. The van der Waals surface area contributed by atoms with E-state index in [2.05, 4.69) is 9.97 Å². The second-order valence-corrected chi connectivity index (χ2v) is 12.0. The van der Waals surface area contributed by atoms with E-state index in [9.17, 15) is 13.6 Å². The van der Waals surface area contributed by atoms with Gasteiger partial charge in [-0.15, -0.1) is 0 Å². The van der Waals surface area contributed by atoms with Crippen molar-refractivity contribution in [1.82, 2.24) is 14.5 Å². The Hall–Kier alpha value is -5.35. The Labute approximate surface area is 271 Å². The molecule has 0 bridgehead atoms. The predicted molar refractivity (Wildman–Crippen MR) is 162 cm³/mol. The van der Waals surface area contributed by atoms with Crippen LogP contribution < -0.4 is 4.74 Å². The number of hydrogen-bond acceptors (Lipinski definition) is 7. The zero-order valence-electron chi connectivity index (χ0n) is 25.9. The van der Waals surface area contributed by atoms with Crippen molar-refractivity contribution < 1.29 is 41.0 Å². The van der Waals surface area contributed by atoms with Gasteiger partial charge in [-0.25, -0.2) is 36.7 Å². The van der Waals surface area contributed by atoms with Crippen molar-refractivity contribution in [2.24, 2.45) is 5.41 Å². The minimum absolute atomic E-state index is 0.0298. The van der Waals surface area contributed by atoms with Gasteiger partial charge in [0, 0.05) is 23.0 Å². The Balaban J connectivity index is 1.34. The second-order valence-electron chi connectivity index (χ2n) is 12.0. The molecule has 13 heteroatoms. The first kappa shape index (κ1) is 32.6. The summed E-state index contributed by atoms with van der Waals surface area (Å²) < 4.78 is 93.0. The van der Waals surface area contributed by atoms with Crippen molar-refractivity contribution in [1.29, 1.82) is 5.26 Å². The Bertz CT molecular complexity index is 2130. The molecule has 0 N–H and O–H groups in total. The molecule has 1 saturated heterocycles. The average molecular weight is 663 g/mol. The molecule has 8 nitrogen and oxygen atoms in total. The standard InChI is InChI=1S/C35H27F5N4O4/c1-35(2)17-47-16-30(35)44-29-11-21(34(45)46-3)10-27(40)32(29)43-31(44)12-20-9-26(39)22(13-25(20)38)28-7-6-23(36)33(42-28)48-15-19-5-4-18(14-41)8-24(19)37/h4-11,13,30H,12,15-17H2,1-3H3/t30-/m1/s1. The monoisotopic (exact) mass is 662 g/mol. The highest BCUT2D eigenvalue weighted by atomic mass is 19.1. The molecule has 2 aromatic heterocycles. The number of esters is 1. The molecule has 1 atom stereocenters. The van der Waals surface area contributed by atoms with Crippen LogP contribution in [0.25, 0.3) is 22.3 Å². The van der Waals surface area contributed by atoms with Gasteiger partial charge in [0.2, 0.25) is 0 Å². The molecule has 0 radical (unpaired) electrons. The summed E-state index contributed by atoms with van der Waals surface area (Å²) in [5.74, 6) is -5.26. The lowest BCUT2D eigenvalue weighted by Gasteiger charge is -2.28. The van der Waals surface area contributed by atoms with Crippen LogP contribution in [0, 0.1) is 45.8 Å². The molecular formula is C35H27F5N4O4. The molecule has 0 amide bonds. The first-order chi connectivity index (χ1) is 22.9. The van der Waals surface area contributed by atoms with Crippen LogP contribution in [0.15, 0.2) is 54.6 Å². The minimum Gasteiger partial charge on any atom is -0.471 e. The molecule has 6 rings (SSSR count). The van der Waals surface area contributed by atoms with Gasteiger partial charge >= 0.3 is 5.97 Å². The Kier molecular flexibility index (Phi) is 8.61. The third-order valence-corrected chi connectivity index (χ3v) is 8.33. The van der Waals surface area contributed by atoms with Gasteiger partial charge in [-0.3, -0.25) is 0 Å². The molecule has 5 aromatic rings. The maximum Gasteiger partial charge on any atom is 0.338 e. The molecule has 0 spiro atoms. The van der Waals surface area contributed by atoms with Crippen molar-refractivity contribution in [3.05, 3.63) is 112 Å². The van der Waals surface area contributed by atoms with Gasteiger partial charge in [-0.05, 0) is 54.1 Å². The smallest absolute Gasteiger partial charge is 0.338 e. The number of rotatable bonds is 8. The molecular weight excluding hydrogens is 635 g/mol. The van der Waals surface area contributed by atoms with Crippen LogP contribution in [-0.2, 0) is 22.5 Å². The van der Waals surface area contributed by atoms with Gasteiger partial charge in [0.25, 0.3) is 5.88 Å². The molecule has 0 saturated carbocycles. The highest BCUT2D eigenvalue weighted by Gasteiger charge is 2.39. The summed E-state index contributed by atoms with van der Waals surface area (Å²) in [7, 11) is 1.18. The van der Waals surface area contributed by atoms with Crippen molar-refractivity contribution in [2.75, 3.05) is 20.3 Å². The summed E-state index contributed by atoms with van der Waals surface area (Å²) in [6.45, 7) is 4.08. The first-order valence-electron chi connectivity index (χ1n) is 14.7. The zero-order valence-corrected chi connectivity index (χ0v) is 25.9. The Morgan fingerprint density at radius 1 is 0.958 bits per heavy atom. The van der Waals surface area contributed by atoms with E-state index in [-0.39, 0.29) is 69.4 Å². The van der Waals surface area contributed by atoms with Crippen LogP contribution in [-0.4, -0.2) is 40.8 Å². The van der Waals surface area contributed by atoms with Crippen LogP contribution in [0.4, 0.5) is 22.0 Å². The lowest BCUT2D eigenvalue weighted by molar-refractivity contribution is 0.0600. The lowest BCUT2D eigenvalue weighted by Crippen LogP contribution is -2.27. The maximum absolute atomic E-state index is 15.7. The number of imidazole rings is 1. The number of ether oxygens (including phenoxy) is 3. The van der Waals surface area contributed by atoms with E-state index in [1.54, 1.807) is 10.6 Å². The fourth-order valence-corrected chi connectivity index (χ4v) is 5.73. The fourth-order valence-electron chi connectivity index (χ4n) is 5.73. The van der Waals surface area contributed by atoms with Gasteiger partial charge in [-0.2, -0.15) is 5.26 Å².